The number of aryl methyl sites for hydroxylation is 2. The predicted octanol–water partition coefficient (Wildman–Crippen LogP) is 5.31. The molecule has 0 nitrogen and oxygen atoms in total. The average molecular weight is 288 g/mol. The summed E-state index contributed by atoms with van der Waals surface area (Å²) in [5, 5.41) is 0. The lowest BCUT2D eigenvalue weighted by molar-refractivity contribution is 0.372. The zero-order valence-electron chi connectivity index (χ0n) is 13.6. The molecule has 3 aliphatic rings. The molecule has 0 aromatic heterocycles. The van der Waals surface area contributed by atoms with Gasteiger partial charge in [0, 0.05) is 0 Å². The third-order valence-electron chi connectivity index (χ3n) is 7.02. The fourth-order valence-electron chi connectivity index (χ4n) is 5.47. The first-order chi connectivity index (χ1) is 10.6. The molecule has 112 valence electrons. The lowest BCUT2D eigenvalue weighted by Crippen LogP contribution is -2.24. The van der Waals surface area contributed by atoms with Gasteiger partial charge in [0.2, 0.25) is 0 Å². The van der Waals surface area contributed by atoms with Crippen LogP contribution in [0, 0.1) is 25.7 Å². The van der Waals surface area contributed by atoms with Crippen LogP contribution in [-0.2, 0) is 10.8 Å². The van der Waals surface area contributed by atoms with Crippen LogP contribution < -0.4 is 0 Å². The highest BCUT2D eigenvalue weighted by Gasteiger charge is 2.73. The molecule has 0 bridgehead atoms. The monoisotopic (exact) mass is 288 g/mol. The quantitative estimate of drug-likeness (QED) is 0.702. The second-order valence-corrected chi connectivity index (χ2v) is 8.17. The van der Waals surface area contributed by atoms with Crippen LogP contribution in [0.4, 0.5) is 0 Å². The van der Waals surface area contributed by atoms with Crippen LogP contribution >= 0.6 is 0 Å². The van der Waals surface area contributed by atoms with Crippen molar-refractivity contribution in [3.63, 3.8) is 0 Å². The summed E-state index contributed by atoms with van der Waals surface area (Å²) in [4.78, 5) is 0. The third kappa shape index (κ3) is 1.59. The lowest BCUT2D eigenvalue weighted by atomic mass is 9.75. The van der Waals surface area contributed by atoms with E-state index in [1.807, 2.05) is 0 Å². The molecular weight excluding hydrogens is 264 g/mol. The van der Waals surface area contributed by atoms with Gasteiger partial charge < -0.3 is 0 Å². The Bertz CT molecular complexity index is 658. The third-order valence-corrected chi connectivity index (χ3v) is 7.02. The Morgan fingerprint density at radius 2 is 1.00 bits per heavy atom. The smallest absolute Gasteiger partial charge is 0.00121 e. The van der Waals surface area contributed by atoms with Gasteiger partial charge in [0.05, 0.1) is 0 Å². The number of benzene rings is 2. The number of rotatable bonds is 2. The Morgan fingerprint density at radius 1 is 0.636 bits per heavy atom. The van der Waals surface area contributed by atoms with Crippen molar-refractivity contribution in [2.45, 2.75) is 50.4 Å². The molecule has 3 aliphatic carbocycles. The van der Waals surface area contributed by atoms with Crippen molar-refractivity contribution in [2.24, 2.45) is 11.8 Å². The van der Waals surface area contributed by atoms with E-state index in [2.05, 4.69) is 62.4 Å². The first-order valence-electron chi connectivity index (χ1n) is 8.78. The highest BCUT2D eigenvalue weighted by molar-refractivity contribution is 5.45. The SMILES string of the molecule is Cc1ccc([C@@]23CC[C@@]4(c5ccc(C)cc5)C[C@H]4[C@@H]2C3)cc1. The summed E-state index contributed by atoms with van der Waals surface area (Å²) in [6.07, 6.45) is 5.67. The molecule has 22 heavy (non-hydrogen) atoms. The largest absolute Gasteiger partial charge is 0.0590 e. The van der Waals surface area contributed by atoms with Crippen molar-refractivity contribution in [3.8, 4) is 0 Å². The zero-order valence-corrected chi connectivity index (χ0v) is 13.6. The van der Waals surface area contributed by atoms with E-state index in [0.717, 1.165) is 11.8 Å². The molecule has 0 N–H and O–H groups in total. The van der Waals surface area contributed by atoms with E-state index in [0.29, 0.717) is 10.8 Å². The molecule has 0 heterocycles. The first kappa shape index (κ1) is 12.9. The van der Waals surface area contributed by atoms with E-state index >= 15 is 0 Å². The van der Waals surface area contributed by atoms with Crippen LogP contribution in [0.5, 0.6) is 0 Å². The molecule has 0 amide bonds. The highest BCUT2D eigenvalue weighted by Crippen LogP contribution is 2.78. The van der Waals surface area contributed by atoms with Crippen molar-refractivity contribution < 1.29 is 0 Å². The molecule has 5 rings (SSSR count). The Labute approximate surface area is 133 Å². The summed E-state index contributed by atoms with van der Waals surface area (Å²) in [6, 6.07) is 18.8. The fraction of sp³-hybridized carbons (Fsp3) is 0.455. The minimum absolute atomic E-state index is 0.545. The normalized spacial score (nSPS) is 38.1. The van der Waals surface area contributed by atoms with Crippen molar-refractivity contribution in [1.82, 2.24) is 0 Å². The predicted molar refractivity (Wildman–Crippen MR) is 91.2 cm³/mol. The van der Waals surface area contributed by atoms with Gasteiger partial charge in [-0.25, -0.2) is 0 Å². The minimum Gasteiger partial charge on any atom is -0.0590 e. The van der Waals surface area contributed by atoms with E-state index in [-0.39, 0.29) is 0 Å². The van der Waals surface area contributed by atoms with Crippen LogP contribution in [0.3, 0.4) is 0 Å². The zero-order chi connectivity index (χ0) is 14.9. The van der Waals surface area contributed by atoms with Crippen molar-refractivity contribution >= 4 is 0 Å². The van der Waals surface area contributed by atoms with Gasteiger partial charge in [-0.05, 0) is 73.3 Å². The fourth-order valence-corrected chi connectivity index (χ4v) is 5.47. The summed E-state index contributed by atoms with van der Waals surface area (Å²) in [5.74, 6) is 1.90. The molecule has 0 heteroatoms. The highest BCUT2D eigenvalue weighted by atomic mass is 14.8. The minimum atomic E-state index is 0.545. The van der Waals surface area contributed by atoms with Gasteiger partial charge in [0.1, 0.15) is 0 Å². The number of fused-ring (bicyclic) bond motifs is 3. The summed E-state index contributed by atoms with van der Waals surface area (Å²) >= 11 is 0. The molecule has 3 fully saturated rings. The molecule has 3 saturated carbocycles. The Kier molecular flexibility index (Phi) is 2.38. The van der Waals surface area contributed by atoms with Crippen LogP contribution in [0.15, 0.2) is 48.5 Å². The van der Waals surface area contributed by atoms with Crippen molar-refractivity contribution in [3.05, 3.63) is 70.8 Å². The molecule has 0 aliphatic heterocycles. The number of hydrogen-bond acceptors (Lipinski definition) is 0. The summed E-state index contributed by atoms with van der Waals surface area (Å²) in [5.41, 5.74) is 7.09. The molecular formula is C22H24. The summed E-state index contributed by atoms with van der Waals surface area (Å²) in [6.45, 7) is 4.38. The van der Waals surface area contributed by atoms with Crippen LogP contribution in [0.2, 0.25) is 0 Å². The molecule has 4 atom stereocenters. The molecule has 0 radical (unpaired) electrons. The van der Waals surface area contributed by atoms with E-state index in [4.69, 9.17) is 0 Å². The second kappa shape index (κ2) is 4.04. The topological polar surface area (TPSA) is 0 Å². The summed E-state index contributed by atoms with van der Waals surface area (Å²) in [7, 11) is 0. The maximum Gasteiger partial charge on any atom is -0.00121 e. The standard InChI is InChI=1S/C22H24/c1-15-3-7-17(8-4-15)21-11-12-22(14-20(22)19(21)13-21)18-9-5-16(2)6-10-18/h3-10,19-20H,11-14H2,1-2H3/t19-,20-,21-,22-/m0/s1. The van der Waals surface area contributed by atoms with Crippen LogP contribution in [0.1, 0.15) is 47.9 Å². The molecule has 2 aromatic carbocycles. The van der Waals surface area contributed by atoms with E-state index in [1.165, 1.54) is 36.8 Å². The van der Waals surface area contributed by atoms with Crippen molar-refractivity contribution in [1.29, 1.82) is 0 Å². The molecule has 0 unspecified atom stereocenters. The van der Waals surface area contributed by atoms with E-state index in [9.17, 15) is 0 Å². The molecule has 0 spiro atoms. The van der Waals surface area contributed by atoms with E-state index in [1.54, 1.807) is 11.1 Å². The maximum absolute atomic E-state index is 2.40. The molecule has 0 saturated heterocycles. The Hall–Kier alpha value is -1.56. The maximum atomic E-state index is 2.40. The van der Waals surface area contributed by atoms with Gasteiger partial charge in [-0.2, -0.15) is 0 Å². The van der Waals surface area contributed by atoms with Gasteiger partial charge in [0.15, 0.2) is 0 Å². The van der Waals surface area contributed by atoms with Gasteiger partial charge in [-0.1, -0.05) is 59.7 Å². The van der Waals surface area contributed by atoms with Crippen LogP contribution in [-0.4, -0.2) is 0 Å². The lowest BCUT2D eigenvalue weighted by Gasteiger charge is -2.29. The van der Waals surface area contributed by atoms with Gasteiger partial charge >= 0.3 is 0 Å². The summed E-state index contributed by atoms with van der Waals surface area (Å²) < 4.78 is 0. The van der Waals surface area contributed by atoms with Gasteiger partial charge in [-0.3, -0.25) is 0 Å². The average Bonchev–Trinajstić information content (AvgIpc) is 3.40. The Balaban J connectivity index is 1.44. The van der Waals surface area contributed by atoms with Gasteiger partial charge in [-0.15, -0.1) is 0 Å². The Morgan fingerprint density at radius 3 is 1.36 bits per heavy atom. The van der Waals surface area contributed by atoms with E-state index < -0.39 is 0 Å². The molecule has 2 aromatic rings. The van der Waals surface area contributed by atoms with Crippen molar-refractivity contribution in [2.75, 3.05) is 0 Å². The van der Waals surface area contributed by atoms with Crippen LogP contribution in [0.25, 0.3) is 0 Å². The second-order valence-electron chi connectivity index (χ2n) is 8.17. The first-order valence-corrected chi connectivity index (χ1v) is 8.78. The number of hydrogen-bond donors (Lipinski definition) is 0. The van der Waals surface area contributed by atoms with Gasteiger partial charge in [0.25, 0.3) is 0 Å².